The van der Waals surface area contributed by atoms with Gasteiger partial charge in [-0.15, -0.1) is 0 Å². The average molecular weight is 505 g/mol. The molecule has 8 nitrogen and oxygen atoms in total. The van der Waals surface area contributed by atoms with Crippen molar-refractivity contribution in [2.24, 2.45) is 5.92 Å². The monoisotopic (exact) mass is 504 g/mol. The van der Waals surface area contributed by atoms with Crippen LogP contribution in [0.2, 0.25) is 0 Å². The highest BCUT2D eigenvalue weighted by molar-refractivity contribution is 7.90. The number of amides is 1. The van der Waals surface area contributed by atoms with Gasteiger partial charge in [0.2, 0.25) is 11.8 Å². The quantitative estimate of drug-likeness (QED) is 0.400. The molecule has 2 heterocycles. The molecule has 9 heteroatoms. The Kier molecular flexibility index (Phi) is 6.47. The fourth-order valence-electron chi connectivity index (χ4n) is 3.90. The minimum absolute atomic E-state index is 0.0375. The molecule has 36 heavy (non-hydrogen) atoms. The van der Waals surface area contributed by atoms with Gasteiger partial charge < -0.3 is 13.9 Å². The van der Waals surface area contributed by atoms with Gasteiger partial charge in [-0.1, -0.05) is 42.5 Å². The van der Waals surface area contributed by atoms with Crippen LogP contribution in [0.15, 0.2) is 88.2 Å². The van der Waals surface area contributed by atoms with Crippen LogP contribution in [-0.4, -0.2) is 25.9 Å². The van der Waals surface area contributed by atoms with Crippen LogP contribution in [0, 0.1) is 12.8 Å². The number of oxazole rings is 1. The third kappa shape index (κ3) is 5.11. The van der Waals surface area contributed by atoms with Crippen LogP contribution in [0.3, 0.4) is 0 Å². The predicted molar refractivity (Wildman–Crippen MR) is 132 cm³/mol. The van der Waals surface area contributed by atoms with Crippen molar-refractivity contribution < 1.29 is 27.1 Å². The van der Waals surface area contributed by atoms with Crippen molar-refractivity contribution in [2.75, 3.05) is 6.61 Å². The number of benzene rings is 3. The maximum atomic E-state index is 12.6. The van der Waals surface area contributed by atoms with Gasteiger partial charge in [0.15, 0.2) is 0 Å². The number of carbonyl (C=O) groups is 1. The van der Waals surface area contributed by atoms with Crippen molar-refractivity contribution in [1.82, 2.24) is 9.71 Å². The number of hydrogen-bond acceptors (Lipinski definition) is 7. The predicted octanol–water partition coefficient (Wildman–Crippen LogP) is 4.29. The van der Waals surface area contributed by atoms with E-state index in [-0.39, 0.29) is 18.1 Å². The van der Waals surface area contributed by atoms with E-state index in [1.807, 2.05) is 43.3 Å². The van der Waals surface area contributed by atoms with Crippen LogP contribution >= 0.6 is 0 Å². The Hall–Kier alpha value is -4.11. The number of nitrogens with one attached hydrogen (secondary N) is 1. The van der Waals surface area contributed by atoms with Gasteiger partial charge in [-0.3, -0.25) is 4.79 Å². The molecule has 5 rings (SSSR count). The molecule has 1 aliphatic heterocycles. The zero-order chi connectivity index (χ0) is 25.1. The average Bonchev–Trinajstić information content (AvgIpc) is 3.28. The summed E-state index contributed by atoms with van der Waals surface area (Å²) in [6, 6.07) is 22.8. The largest absolute Gasteiger partial charge is 0.492 e. The number of hydrogen-bond donors (Lipinski definition) is 1. The van der Waals surface area contributed by atoms with Gasteiger partial charge in [0.1, 0.15) is 36.2 Å². The van der Waals surface area contributed by atoms with Gasteiger partial charge in [-0.2, -0.15) is 0 Å². The molecule has 0 aliphatic carbocycles. The second-order valence-electron chi connectivity index (χ2n) is 8.44. The first-order chi connectivity index (χ1) is 17.4. The topological polar surface area (TPSA) is 108 Å². The number of sulfonamides is 1. The molecule has 3 aromatic carbocycles. The zero-order valence-corrected chi connectivity index (χ0v) is 20.3. The van der Waals surface area contributed by atoms with Gasteiger partial charge in [-0.05, 0) is 49.2 Å². The molecule has 0 fully saturated rings. The normalized spacial score (nSPS) is 15.0. The molecule has 1 amide bonds. The maximum absolute atomic E-state index is 12.6. The second-order valence-corrected chi connectivity index (χ2v) is 10.1. The van der Waals surface area contributed by atoms with Crippen LogP contribution in [0.25, 0.3) is 11.5 Å². The number of nitrogens with zero attached hydrogens (tertiary/aromatic N) is 1. The molecule has 1 N–H and O–H groups in total. The minimum Gasteiger partial charge on any atom is -0.492 e. The Morgan fingerprint density at radius 3 is 2.53 bits per heavy atom. The number of aromatic nitrogens is 1. The Morgan fingerprint density at radius 2 is 1.78 bits per heavy atom. The van der Waals surface area contributed by atoms with Crippen LogP contribution in [0.4, 0.5) is 0 Å². The van der Waals surface area contributed by atoms with E-state index in [9.17, 15) is 13.2 Å². The van der Waals surface area contributed by atoms with Gasteiger partial charge in [0, 0.05) is 11.6 Å². The summed E-state index contributed by atoms with van der Waals surface area (Å²) in [5, 5.41) is 0. The Morgan fingerprint density at radius 1 is 1.06 bits per heavy atom. The lowest BCUT2D eigenvalue weighted by atomic mass is 9.96. The van der Waals surface area contributed by atoms with E-state index < -0.39 is 21.8 Å². The summed E-state index contributed by atoms with van der Waals surface area (Å²) in [6.07, 6.45) is 0.356. The smallest absolute Gasteiger partial charge is 0.264 e. The number of aryl methyl sites for hydroxylation is 1. The molecule has 1 aliphatic rings. The molecule has 0 saturated heterocycles. The SMILES string of the molecule is Cc1oc(-c2ccccc2)nc1COc1ccc2c(c1)OCC(C(=O)NS(=O)(=O)c1ccccc1)C2. The first kappa shape index (κ1) is 23.6. The Bertz CT molecular complexity index is 1480. The number of carbonyl (C=O) groups excluding carboxylic acids is 1. The fourth-order valence-corrected chi connectivity index (χ4v) is 4.97. The van der Waals surface area contributed by atoms with E-state index in [0.717, 1.165) is 11.1 Å². The molecule has 1 unspecified atom stereocenters. The molecular weight excluding hydrogens is 480 g/mol. The van der Waals surface area contributed by atoms with E-state index in [2.05, 4.69) is 9.71 Å². The van der Waals surface area contributed by atoms with E-state index in [4.69, 9.17) is 13.9 Å². The number of rotatable bonds is 7. The lowest BCUT2D eigenvalue weighted by molar-refractivity contribution is -0.124. The maximum Gasteiger partial charge on any atom is 0.264 e. The third-order valence-corrected chi connectivity index (χ3v) is 7.26. The van der Waals surface area contributed by atoms with Gasteiger partial charge >= 0.3 is 0 Å². The van der Waals surface area contributed by atoms with Crippen molar-refractivity contribution in [3.8, 4) is 23.0 Å². The van der Waals surface area contributed by atoms with Crippen molar-refractivity contribution in [1.29, 1.82) is 0 Å². The molecule has 0 radical (unpaired) electrons. The lowest BCUT2D eigenvalue weighted by Crippen LogP contribution is -2.40. The van der Waals surface area contributed by atoms with E-state index >= 15 is 0 Å². The third-order valence-electron chi connectivity index (χ3n) is 5.89. The highest BCUT2D eigenvalue weighted by Gasteiger charge is 2.29. The summed E-state index contributed by atoms with van der Waals surface area (Å²) >= 11 is 0. The highest BCUT2D eigenvalue weighted by Crippen LogP contribution is 2.32. The van der Waals surface area contributed by atoms with Crippen molar-refractivity contribution in [3.63, 3.8) is 0 Å². The standard InChI is InChI=1S/C27H24N2O6S/c1-18-24(28-27(35-18)19-8-4-2-5-9-19)17-33-22-13-12-20-14-21(16-34-25(20)15-22)26(30)29-36(31,32)23-10-6-3-7-11-23/h2-13,15,21H,14,16-17H2,1H3,(H,29,30). The molecule has 1 atom stereocenters. The Balaban J connectivity index is 1.21. The van der Waals surface area contributed by atoms with Crippen LogP contribution in [0.1, 0.15) is 17.0 Å². The van der Waals surface area contributed by atoms with Crippen molar-refractivity contribution >= 4 is 15.9 Å². The summed E-state index contributed by atoms with van der Waals surface area (Å²) in [5.74, 6) is 1.19. The van der Waals surface area contributed by atoms with Gasteiger partial charge in [0.25, 0.3) is 10.0 Å². The molecule has 184 valence electrons. The highest BCUT2D eigenvalue weighted by atomic mass is 32.2. The molecule has 0 spiro atoms. The number of ether oxygens (including phenoxy) is 2. The van der Waals surface area contributed by atoms with E-state index in [1.54, 1.807) is 30.3 Å². The molecule has 0 saturated carbocycles. The summed E-state index contributed by atoms with van der Waals surface area (Å²) in [6.45, 7) is 2.13. The molecule has 1 aromatic heterocycles. The molecule has 0 bridgehead atoms. The summed E-state index contributed by atoms with van der Waals surface area (Å²) in [4.78, 5) is 17.2. The van der Waals surface area contributed by atoms with Crippen LogP contribution in [-0.2, 0) is 27.8 Å². The Labute approximate surface area is 208 Å². The van der Waals surface area contributed by atoms with Gasteiger partial charge in [0.05, 0.1) is 10.8 Å². The van der Waals surface area contributed by atoms with Crippen molar-refractivity contribution in [3.05, 3.63) is 95.9 Å². The van der Waals surface area contributed by atoms with E-state index in [0.29, 0.717) is 35.3 Å². The summed E-state index contributed by atoms with van der Waals surface area (Å²) < 4.78 is 44.6. The summed E-state index contributed by atoms with van der Waals surface area (Å²) in [5.41, 5.74) is 2.39. The molecular formula is C27H24N2O6S. The number of fused-ring (bicyclic) bond motifs is 1. The van der Waals surface area contributed by atoms with Crippen LogP contribution in [0.5, 0.6) is 11.5 Å². The van der Waals surface area contributed by atoms with Gasteiger partial charge in [-0.25, -0.2) is 18.1 Å². The molecule has 4 aromatic rings. The first-order valence-electron chi connectivity index (χ1n) is 11.4. The van der Waals surface area contributed by atoms with E-state index in [1.165, 1.54) is 12.1 Å². The summed E-state index contributed by atoms with van der Waals surface area (Å²) in [7, 11) is -3.93. The first-order valence-corrected chi connectivity index (χ1v) is 12.9. The van der Waals surface area contributed by atoms with Crippen molar-refractivity contribution in [2.45, 2.75) is 24.8 Å². The second kappa shape index (κ2) is 9.87. The minimum atomic E-state index is -3.93. The zero-order valence-electron chi connectivity index (χ0n) is 19.5. The fraction of sp³-hybridized carbons (Fsp3) is 0.185. The lowest BCUT2D eigenvalue weighted by Gasteiger charge is -2.25. The van der Waals surface area contributed by atoms with Crippen LogP contribution < -0.4 is 14.2 Å².